The number of hydrogen-bond acceptors (Lipinski definition) is 4. The Morgan fingerprint density at radius 3 is 1.64 bits per heavy atom. The molecule has 0 unspecified atom stereocenters. The lowest BCUT2D eigenvalue weighted by Gasteiger charge is -1.94. The highest BCUT2D eigenvalue weighted by Crippen LogP contribution is 1.90. The molecule has 76 valence electrons. The second-order valence-electron chi connectivity index (χ2n) is 1.93. The molecule has 0 aliphatic heterocycles. The number of carbonyl (C=O) groups excluding carboxylic acids is 2. The van der Waals surface area contributed by atoms with Crippen LogP contribution in [-0.4, -0.2) is 25.4 Å². The van der Waals surface area contributed by atoms with E-state index in [2.05, 4.69) is 32.9 Å². The molecule has 0 saturated heterocycles. The molecule has 0 radical (unpaired) electrons. The van der Waals surface area contributed by atoms with Gasteiger partial charge >= 0.3 is 12.2 Å². The van der Waals surface area contributed by atoms with Crippen LogP contribution in [0, 0.1) is 0 Å². The predicted octanol–water partition coefficient (Wildman–Crippen LogP) is 2.08. The third-order valence-electron chi connectivity index (χ3n) is 0.863. The molecule has 14 heavy (non-hydrogen) atoms. The number of hydrogen-bond donors (Lipinski definition) is 0. The third-order valence-corrected chi connectivity index (χ3v) is 0.863. The minimum absolute atomic E-state index is 0.0135. The first-order valence-corrected chi connectivity index (χ1v) is 3.67. The molecule has 0 bridgehead atoms. The standard InChI is InChI=1S/C8H10N2O4/c1-3-5-13-7(11)9-10-8(12)14-6-4-2/h3-4H,1-2,5-6H2. The quantitative estimate of drug-likeness (QED) is 0.511. The lowest BCUT2D eigenvalue weighted by Crippen LogP contribution is -2.01. The summed E-state index contributed by atoms with van der Waals surface area (Å²) < 4.78 is 8.80. The summed E-state index contributed by atoms with van der Waals surface area (Å²) in [4.78, 5) is 21.2. The molecule has 0 fully saturated rings. The van der Waals surface area contributed by atoms with Crippen molar-refractivity contribution in [3.63, 3.8) is 0 Å². The van der Waals surface area contributed by atoms with E-state index in [1.165, 1.54) is 12.2 Å². The second kappa shape index (κ2) is 7.66. The Labute approximate surface area is 80.9 Å². The Morgan fingerprint density at radius 1 is 1.00 bits per heavy atom. The van der Waals surface area contributed by atoms with Crippen molar-refractivity contribution in [3.8, 4) is 0 Å². The topological polar surface area (TPSA) is 77.3 Å². The average Bonchev–Trinajstić information content (AvgIpc) is 2.20. The van der Waals surface area contributed by atoms with Gasteiger partial charge in [0.1, 0.15) is 13.2 Å². The highest BCUT2D eigenvalue weighted by atomic mass is 16.6. The first-order chi connectivity index (χ1) is 6.70. The van der Waals surface area contributed by atoms with Gasteiger partial charge in [-0.05, 0) is 0 Å². The minimum atomic E-state index is -0.972. The van der Waals surface area contributed by atoms with Crippen molar-refractivity contribution in [3.05, 3.63) is 25.3 Å². The Balaban J connectivity index is 3.78. The molecule has 0 heterocycles. The fraction of sp³-hybridized carbons (Fsp3) is 0.250. The summed E-state index contributed by atoms with van der Waals surface area (Å²) in [6, 6.07) is 0. The van der Waals surface area contributed by atoms with Gasteiger partial charge in [0, 0.05) is 0 Å². The molecule has 0 aliphatic rings. The van der Waals surface area contributed by atoms with Crippen LogP contribution in [0.3, 0.4) is 0 Å². The monoisotopic (exact) mass is 198 g/mol. The van der Waals surface area contributed by atoms with E-state index >= 15 is 0 Å². The molecule has 0 saturated carbocycles. The maximum Gasteiger partial charge on any atom is 0.452 e. The fourth-order valence-electron chi connectivity index (χ4n) is 0.400. The van der Waals surface area contributed by atoms with Gasteiger partial charge in [-0.25, -0.2) is 9.59 Å². The van der Waals surface area contributed by atoms with Gasteiger partial charge in [-0.15, -0.1) is 0 Å². The molecular weight excluding hydrogens is 188 g/mol. The zero-order valence-corrected chi connectivity index (χ0v) is 7.51. The number of carbonyl (C=O) groups is 2. The van der Waals surface area contributed by atoms with Crippen molar-refractivity contribution in [2.45, 2.75) is 0 Å². The third kappa shape index (κ3) is 6.71. The van der Waals surface area contributed by atoms with Crippen LogP contribution in [0.2, 0.25) is 0 Å². The summed E-state index contributed by atoms with van der Waals surface area (Å²) in [6.45, 7) is 6.66. The molecule has 0 aromatic carbocycles. The van der Waals surface area contributed by atoms with Gasteiger partial charge in [0.25, 0.3) is 0 Å². The average molecular weight is 198 g/mol. The Bertz CT molecular complexity index is 234. The lowest BCUT2D eigenvalue weighted by atomic mass is 10.7. The lowest BCUT2D eigenvalue weighted by molar-refractivity contribution is 0.158. The van der Waals surface area contributed by atoms with Gasteiger partial charge in [-0.3, -0.25) is 0 Å². The summed E-state index contributed by atoms with van der Waals surface area (Å²) in [6.07, 6.45) is 0.785. The summed E-state index contributed by atoms with van der Waals surface area (Å²) in [5.74, 6) is 0. The maximum atomic E-state index is 10.6. The van der Waals surface area contributed by atoms with Crippen LogP contribution in [0.25, 0.3) is 0 Å². The van der Waals surface area contributed by atoms with Gasteiger partial charge in [-0.1, -0.05) is 35.5 Å². The normalized spacial score (nSPS) is 9.43. The molecule has 0 atom stereocenters. The van der Waals surface area contributed by atoms with E-state index in [9.17, 15) is 9.59 Å². The molecule has 0 aliphatic carbocycles. The van der Waals surface area contributed by atoms with Gasteiger partial charge in [0.15, 0.2) is 0 Å². The van der Waals surface area contributed by atoms with Gasteiger partial charge in [0.2, 0.25) is 0 Å². The van der Waals surface area contributed by atoms with E-state index < -0.39 is 12.2 Å². The van der Waals surface area contributed by atoms with Gasteiger partial charge < -0.3 is 9.47 Å². The highest BCUT2D eigenvalue weighted by molar-refractivity contribution is 5.73. The van der Waals surface area contributed by atoms with E-state index in [-0.39, 0.29) is 13.2 Å². The molecule has 6 nitrogen and oxygen atoms in total. The van der Waals surface area contributed by atoms with Crippen molar-refractivity contribution in [2.75, 3.05) is 13.2 Å². The highest BCUT2D eigenvalue weighted by Gasteiger charge is 2.01. The molecule has 0 aromatic heterocycles. The number of ether oxygens (including phenoxy) is 2. The first-order valence-electron chi connectivity index (χ1n) is 3.67. The Hall–Kier alpha value is -1.98. The van der Waals surface area contributed by atoms with Crippen molar-refractivity contribution in [1.82, 2.24) is 0 Å². The fourth-order valence-corrected chi connectivity index (χ4v) is 0.400. The summed E-state index contributed by atoms with van der Waals surface area (Å²) in [5, 5.41) is 5.84. The summed E-state index contributed by atoms with van der Waals surface area (Å²) in [7, 11) is 0. The molecule has 0 N–H and O–H groups in total. The molecule has 2 amide bonds. The predicted molar refractivity (Wildman–Crippen MR) is 47.9 cm³/mol. The summed E-state index contributed by atoms with van der Waals surface area (Å²) in [5.41, 5.74) is 0. The first kappa shape index (κ1) is 12.0. The zero-order chi connectivity index (χ0) is 10.8. The number of azo groups is 1. The van der Waals surface area contributed by atoms with Crippen LogP contribution in [0.4, 0.5) is 9.59 Å². The van der Waals surface area contributed by atoms with Crippen molar-refractivity contribution < 1.29 is 19.1 Å². The van der Waals surface area contributed by atoms with E-state index in [0.29, 0.717) is 0 Å². The van der Waals surface area contributed by atoms with Crippen LogP contribution in [0.1, 0.15) is 0 Å². The van der Waals surface area contributed by atoms with E-state index in [0.717, 1.165) is 0 Å². The van der Waals surface area contributed by atoms with Crippen LogP contribution in [0.5, 0.6) is 0 Å². The molecule has 6 heteroatoms. The molecule has 0 aromatic rings. The number of amides is 2. The second-order valence-corrected chi connectivity index (χ2v) is 1.93. The van der Waals surface area contributed by atoms with Crippen molar-refractivity contribution >= 4 is 12.2 Å². The summed E-state index contributed by atoms with van der Waals surface area (Å²) >= 11 is 0. The van der Waals surface area contributed by atoms with Crippen molar-refractivity contribution in [1.29, 1.82) is 0 Å². The zero-order valence-electron chi connectivity index (χ0n) is 7.51. The van der Waals surface area contributed by atoms with E-state index in [1.54, 1.807) is 0 Å². The van der Waals surface area contributed by atoms with E-state index in [4.69, 9.17) is 0 Å². The van der Waals surface area contributed by atoms with Crippen LogP contribution in [0.15, 0.2) is 35.5 Å². The minimum Gasteiger partial charge on any atom is -0.443 e. The Kier molecular flexibility index (Phi) is 6.57. The molecule has 0 spiro atoms. The van der Waals surface area contributed by atoms with Crippen LogP contribution >= 0.6 is 0 Å². The van der Waals surface area contributed by atoms with Gasteiger partial charge in [0.05, 0.1) is 0 Å². The smallest absolute Gasteiger partial charge is 0.443 e. The maximum absolute atomic E-state index is 10.6. The number of rotatable bonds is 4. The SMILES string of the molecule is C=CCOC(=O)N=NC(=O)OCC=C. The molecular formula is C8H10N2O4. The largest absolute Gasteiger partial charge is 0.452 e. The number of nitrogens with zero attached hydrogens (tertiary/aromatic N) is 2. The van der Waals surface area contributed by atoms with E-state index in [1.807, 2.05) is 0 Å². The van der Waals surface area contributed by atoms with Crippen LogP contribution in [-0.2, 0) is 9.47 Å². The van der Waals surface area contributed by atoms with Gasteiger partial charge in [-0.2, -0.15) is 0 Å². The molecule has 0 rings (SSSR count). The Morgan fingerprint density at radius 2 is 1.36 bits per heavy atom. The van der Waals surface area contributed by atoms with Crippen molar-refractivity contribution in [2.24, 2.45) is 10.2 Å². The van der Waals surface area contributed by atoms with Crippen LogP contribution < -0.4 is 0 Å².